The van der Waals surface area contributed by atoms with Gasteiger partial charge in [0, 0.05) is 0 Å². The molecule has 108 valence electrons. The Balaban J connectivity index is 2.87. The molecule has 3 N–H and O–H groups in total. The van der Waals surface area contributed by atoms with Crippen molar-refractivity contribution in [2.24, 2.45) is 16.8 Å². The van der Waals surface area contributed by atoms with Gasteiger partial charge in [0.25, 0.3) is 0 Å². The molecule has 0 saturated heterocycles. The summed E-state index contributed by atoms with van der Waals surface area (Å²) in [6.45, 7) is 3.52. The standard InChI is InChI=1S/C13H17N3O3S/c1-8(2)12(17)19-10-5-4-9(6-11(10)18-3)7-15-16-13(14)20/h4-8H,1-3H3,(H3,14,16,20). The van der Waals surface area contributed by atoms with Crippen molar-refractivity contribution in [3.8, 4) is 11.5 Å². The van der Waals surface area contributed by atoms with Crippen LogP contribution in [0.4, 0.5) is 0 Å². The summed E-state index contributed by atoms with van der Waals surface area (Å²) in [4.78, 5) is 11.6. The summed E-state index contributed by atoms with van der Waals surface area (Å²) in [7, 11) is 1.50. The van der Waals surface area contributed by atoms with Gasteiger partial charge >= 0.3 is 5.97 Å². The Labute approximate surface area is 122 Å². The molecule has 0 unspecified atom stereocenters. The zero-order valence-corrected chi connectivity index (χ0v) is 12.4. The van der Waals surface area contributed by atoms with E-state index in [4.69, 9.17) is 15.2 Å². The highest BCUT2D eigenvalue weighted by molar-refractivity contribution is 7.80. The van der Waals surface area contributed by atoms with Crippen LogP contribution in [0.25, 0.3) is 0 Å². The quantitative estimate of drug-likeness (QED) is 0.281. The van der Waals surface area contributed by atoms with Crippen LogP contribution >= 0.6 is 12.2 Å². The van der Waals surface area contributed by atoms with E-state index in [1.54, 1.807) is 32.0 Å². The fourth-order valence-corrected chi connectivity index (χ4v) is 1.30. The molecular weight excluding hydrogens is 278 g/mol. The number of nitrogens with two attached hydrogens (primary N) is 1. The lowest BCUT2D eigenvalue weighted by Crippen LogP contribution is -2.23. The molecule has 0 aromatic heterocycles. The Kier molecular flexibility index (Phi) is 5.92. The van der Waals surface area contributed by atoms with Gasteiger partial charge in [-0.05, 0) is 36.0 Å². The molecule has 0 amide bonds. The average molecular weight is 295 g/mol. The van der Waals surface area contributed by atoms with Crippen LogP contribution < -0.4 is 20.6 Å². The molecule has 0 fully saturated rings. The van der Waals surface area contributed by atoms with Crippen LogP contribution in [0.1, 0.15) is 19.4 Å². The molecule has 0 radical (unpaired) electrons. The summed E-state index contributed by atoms with van der Waals surface area (Å²) in [6, 6.07) is 5.06. The molecule has 0 heterocycles. The Hall–Kier alpha value is -2.15. The highest BCUT2D eigenvalue weighted by atomic mass is 32.1. The first-order chi connectivity index (χ1) is 9.43. The number of thiocarbonyl (C=S) groups is 1. The molecule has 0 aliphatic carbocycles. The molecule has 20 heavy (non-hydrogen) atoms. The third-order valence-electron chi connectivity index (χ3n) is 2.26. The molecule has 1 rings (SSSR count). The summed E-state index contributed by atoms with van der Waals surface area (Å²) in [6.07, 6.45) is 1.52. The Morgan fingerprint density at radius 2 is 2.15 bits per heavy atom. The molecule has 6 nitrogen and oxygen atoms in total. The number of nitrogens with zero attached hydrogens (tertiary/aromatic N) is 1. The van der Waals surface area contributed by atoms with Crippen LogP contribution in [0.15, 0.2) is 23.3 Å². The van der Waals surface area contributed by atoms with E-state index < -0.39 is 0 Å². The van der Waals surface area contributed by atoms with Crippen molar-refractivity contribution >= 4 is 29.5 Å². The van der Waals surface area contributed by atoms with Crippen molar-refractivity contribution in [1.29, 1.82) is 0 Å². The van der Waals surface area contributed by atoms with Gasteiger partial charge in [0.1, 0.15) is 0 Å². The third-order valence-corrected chi connectivity index (χ3v) is 2.35. The van der Waals surface area contributed by atoms with Crippen LogP contribution in [0, 0.1) is 5.92 Å². The molecule has 0 atom stereocenters. The largest absolute Gasteiger partial charge is 0.493 e. The van der Waals surface area contributed by atoms with E-state index in [1.807, 2.05) is 0 Å². The third kappa shape index (κ3) is 4.85. The zero-order chi connectivity index (χ0) is 15.1. The van der Waals surface area contributed by atoms with Crippen molar-refractivity contribution in [3.63, 3.8) is 0 Å². The van der Waals surface area contributed by atoms with Crippen LogP contribution in [-0.4, -0.2) is 24.4 Å². The predicted molar refractivity (Wildman–Crippen MR) is 81.0 cm³/mol. The van der Waals surface area contributed by atoms with E-state index in [1.165, 1.54) is 13.3 Å². The second-order valence-corrected chi connectivity index (χ2v) is 4.66. The maximum Gasteiger partial charge on any atom is 0.313 e. The van der Waals surface area contributed by atoms with Gasteiger partial charge in [-0.15, -0.1) is 0 Å². The van der Waals surface area contributed by atoms with E-state index in [2.05, 4.69) is 22.7 Å². The van der Waals surface area contributed by atoms with Gasteiger partial charge < -0.3 is 15.2 Å². The van der Waals surface area contributed by atoms with Gasteiger partial charge in [-0.2, -0.15) is 5.10 Å². The number of hydrazone groups is 1. The second-order valence-electron chi connectivity index (χ2n) is 4.22. The average Bonchev–Trinajstić information content (AvgIpc) is 2.39. The van der Waals surface area contributed by atoms with E-state index in [0.29, 0.717) is 11.5 Å². The number of ether oxygens (including phenoxy) is 2. The van der Waals surface area contributed by atoms with Crippen LogP contribution in [0.3, 0.4) is 0 Å². The first-order valence-electron chi connectivity index (χ1n) is 5.92. The SMILES string of the molecule is COc1cc(C=NNC(N)=S)ccc1OC(=O)C(C)C. The highest BCUT2D eigenvalue weighted by Gasteiger charge is 2.13. The van der Waals surface area contributed by atoms with Gasteiger partial charge in [0.15, 0.2) is 16.6 Å². The summed E-state index contributed by atoms with van der Waals surface area (Å²) in [5, 5.41) is 3.91. The molecule has 0 bridgehead atoms. The number of carbonyl (C=O) groups excluding carboxylic acids is 1. The molecule has 1 aromatic rings. The van der Waals surface area contributed by atoms with Crippen molar-refractivity contribution < 1.29 is 14.3 Å². The zero-order valence-electron chi connectivity index (χ0n) is 11.5. The molecule has 0 aliphatic rings. The van der Waals surface area contributed by atoms with Gasteiger partial charge in [-0.3, -0.25) is 10.2 Å². The number of carbonyl (C=O) groups is 1. The Morgan fingerprint density at radius 1 is 1.45 bits per heavy atom. The molecule has 1 aromatic carbocycles. The smallest absolute Gasteiger partial charge is 0.313 e. The summed E-state index contributed by atoms with van der Waals surface area (Å²) >= 11 is 4.62. The van der Waals surface area contributed by atoms with Crippen LogP contribution in [0.5, 0.6) is 11.5 Å². The lowest BCUT2D eigenvalue weighted by Gasteiger charge is -2.11. The second kappa shape index (κ2) is 7.44. The van der Waals surface area contributed by atoms with Gasteiger partial charge in [-0.1, -0.05) is 13.8 Å². The monoisotopic (exact) mass is 295 g/mol. The first-order valence-corrected chi connectivity index (χ1v) is 6.33. The summed E-state index contributed by atoms with van der Waals surface area (Å²) < 4.78 is 10.4. The van der Waals surface area contributed by atoms with Crippen molar-refractivity contribution in [2.75, 3.05) is 7.11 Å². The summed E-state index contributed by atoms with van der Waals surface area (Å²) in [5.41, 5.74) is 8.44. The van der Waals surface area contributed by atoms with Crippen molar-refractivity contribution in [2.45, 2.75) is 13.8 Å². The fraction of sp³-hybridized carbons (Fsp3) is 0.308. The maximum atomic E-state index is 11.6. The van der Waals surface area contributed by atoms with E-state index in [9.17, 15) is 4.79 Å². The fourth-order valence-electron chi connectivity index (χ4n) is 1.25. The van der Waals surface area contributed by atoms with Crippen LogP contribution in [-0.2, 0) is 4.79 Å². The summed E-state index contributed by atoms with van der Waals surface area (Å²) in [5.74, 6) is 0.277. The number of benzene rings is 1. The Bertz CT molecular complexity index is 530. The number of methoxy groups -OCH3 is 1. The molecule has 0 aliphatic heterocycles. The topological polar surface area (TPSA) is 85.9 Å². The number of rotatable bonds is 5. The van der Waals surface area contributed by atoms with Gasteiger partial charge in [-0.25, -0.2) is 0 Å². The number of hydrogen-bond acceptors (Lipinski definition) is 5. The normalized spacial score (nSPS) is 10.6. The van der Waals surface area contributed by atoms with Crippen LogP contribution in [0.2, 0.25) is 0 Å². The minimum absolute atomic E-state index is 0.0794. The molecule has 0 saturated carbocycles. The predicted octanol–water partition coefficient (Wildman–Crippen LogP) is 1.42. The van der Waals surface area contributed by atoms with Gasteiger partial charge in [0.2, 0.25) is 0 Å². The number of hydrogen-bond donors (Lipinski definition) is 2. The highest BCUT2D eigenvalue weighted by Crippen LogP contribution is 2.28. The lowest BCUT2D eigenvalue weighted by molar-refractivity contribution is -0.137. The molecule has 7 heteroatoms. The number of nitrogens with one attached hydrogen (secondary N) is 1. The lowest BCUT2D eigenvalue weighted by atomic mass is 10.2. The molecular formula is C13H17N3O3S. The first kappa shape index (κ1) is 15.9. The Morgan fingerprint density at radius 3 is 2.70 bits per heavy atom. The van der Waals surface area contributed by atoms with Gasteiger partial charge in [0.05, 0.1) is 19.2 Å². The van der Waals surface area contributed by atoms with E-state index >= 15 is 0 Å². The number of esters is 1. The van der Waals surface area contributed by atoms with Crippen molar-refractivity contribution in [3.05, 3.63) is 23.8 Å². The van der Waals surface area contributed by atoms with E-state index in [-0.39, 0.29) is 17.0 Å². The minimum Gasteiger partial charge on any atom is -0.493 e. The van der Waals surface area contributed by atoms with Crippen molar-refractivity contribution in [1.82, 2.24) is 5.43 Å². The maximum absolute atomic E-state index is 11.6. The minimum atomic E-state index is -0.320. The molecule has 0 spiro atoms. The van der Waals surface area contributed by atoms with E-state index in [0.717, 1.165) is 5.56 Å².